The molecule has 2 heteroatoms. The van der Waals surface area contributed by atoms with Crippen LogP contribution >= 0.6 is 12.4 Å². The lowest BCUT2D eigenvalue weighted by Gasteiger charge is -2.25. The van der Waals surface area contributed by atoms with Gasteiger partial charge < -0.3 is 4.90 Å². The average molecular weight is 310 g/mol. The van der Waals surface area contributed by atoms with Crippen LogP contribution in [0.2, 0.25) is 0 Å². The SMILES string of the molecule is Cl.c1ccc(CN(Cc2ccccc2)c2ccccc2)cc1. The van der Waals surface area contributed by atoms with Gasteiger partial charge in [-0.05, 0) is 23.3 Å². The molecule has 3 aromatic rings. The number of para-hydroxylation sites is 1. The Bertz CT molecular complexity index is 612. The van der Waals surface area contributed by atoms with Crippen molar-refractivity contribution in [2.24, 2.45) is 0 Å². The second kappa shape index (κ2) is 8.26. The lowest BCUT2D eigenvalue weighted by molar-refractivity contribution is 0.800. The van der Waals surface area contributed by atoms with Crippen LogP contribution in [0.4, 0.5) is 5.69 Å². The fourth-order valence-corrected chi connectivity index (χ4v) is 2.48. The standard InChI is InChI=1S/C20H19N.ClH/c1-4-10-18(11-5-1)16-21(20-14-8-3-9-15-20)17-19-12-6-2-7-13-19;/h1-15H,16-17H2;1H. The molecule has 0 unspecified atom stereocenters. The number of anilines is 1. The summed E-state index contributed by atoms with van der Waals surface area (Å²) in [5.41, 5.74) is 3.92. The number of benzene rings is 3. The lowest BCUT2D eigenvalue weighted by atomic mass is 10.1. The van der Waals surface area contributed by atoms with Crippen molar-refractivity contribution in [1.29, 1.82) is 0 Å². The van der Waals surface area contributed by atoms with Crippen LogP contribution in [0.15, 0.2) is 91.0 Å². The van der Waals surface area contributed by atoms with E-state index in [4.69, 9.17) is 0 Å². The molecule has 0 heterocycles. The molecule has 22 heavy (non-hydrogen) atoms. The quantitative estimate of drug-likeness (QED) is 0.617. The minimum atomic E-state index is 0. The maximum Gasteiger partial charge on any atom is 0.0433 e. The van der Waals surface area contributed by atoms with Crippen molar-refractivity contribution in [1.82, 2.24) is 0 Å². The molecule has 3 aromatic carbocycles. The Hall–Kier alpha value is -2.25. The second-order valence-electron chi connectivity index (χ2n) is 5.16. The summed E-state index contributed by atoms with van der Waals surface area (Å²) in [6, 6.07) is 31.8. The van der Waals surface area contributed by atoms with E-state index in [0.717, 1.165) is 13.1 Å². The van der Waals surface area contributed by atoms with E-state index in [2.05, 4.69) is 95.9 Å². The van der Waals surface area contributed by atoms with Gasteiger partial charge in [-0.3, -0.25) is 0 Å². The molecule has 0 N–H and O–H groups in total. The van der Waals surface area contributed by atoms with E-state index in [9.17, 15) is 0 Å². The van der Waals surface area contributed by atoms with Crippen LogP contribution in [0.1, 0.15) is 11.1 Å². The topological polar surface area (TPSA) is 3.24 Å². The van der Waals surface area contributed by atoms with Gasteiger partial charge in [0.05, 0.1) is 0 Å². The Morgan fingerprint density at radius 3 is 1.27 bits per heavy atom. The molecule has 0 saturated carbocycles. The molecule has 0 amide bonds. The van der Waals surface area contributed by atoms with Crippen LogP contribution in [-0.2, 0) is 13.1 Å². The first-order valence-corrected chi connectivity index (χ1v) is 7.30. The highest BCUT2D eigenvalue weighted by atomic mass is 35.5. The van der Waals surface area contributed by atoms with Crippen molar-refractivity contribution in [3.63, 3.8) is 0 Å². The van der Waals surface area contributed by atoms with Crippen molar-refractivity contribution in [2.45, 2.75) is 13.1 Å². The van der Waals surface area contributed by atoms with E-state index in [1.54, 1.807) is 0 Å². The number of rotatable bonds is 5. The van der Waals surface area contributed by atoms with Gasteiger partial charge in [-0.15, -0.1) is 12.4 Å². The zero-order chi connectivity index (χ0) is 14.3. The highest BCUT2D eigenvalue weighted by Crippen LogP contribution is 2.19. The molecule has 0 aliphatic heterocycles. The van der Waals surface area contributed by atoms with Crippen LogP contribution < -0.4 is 4.90 Å². The van der Waals surface area contributed by atoms with Crippen molar-refractivity contribution in [2.75, 3.05) is 4.90 Å². The first-order valence-electron chi connectivity index (χ1n) is 7.30. The summed E-state index contributed by atoms with van der Waals surface area (Å²) >= 11 is 0. The summed E-state index contributed by atoms with van der Waals surface area (Å²) in [5.74, 6) is 0. The first kappa shape index (κ1) is 16.1. The van der Waals surface area contributed by atoms with Crippen LogP contribution in [0.25, 0.3) is 0 Å². The lowest BCUT2D eigenvalue weighted by Crippen LogP contribution is -2.21. The monoisotopic (exact) mass is 309 g/mol. The first-order chi connectivity index (χ1) is 10.4. The van der Waals surface area contributed by atoms with Gasteiger partial charge in [0, 0.05) is 18.8 Å². The Morgan fingerprint density at radius 1 is 0.500 bits per heavy atom. The molecule has 0 atom stereocenters. The second-order valence-corrected chi connectivity index (χ2v) is 5.16. The molecule has 3 rings (SSSR count). The Kier molecular flexibility index (Phi) is 6.05. The summed E-state index contributed by atoms with van der Waals surface area (Å²) < 4.78 is 0. The Morgan fingerprint density at radius 2 is 0.864 bits per heavy atom. The van der Waals surface area contributed by atoms with Gasteiger partial charge in [0.1, 0.15) is 0 Å². The normalized spacial score (nSPS) is 9.82. The molecule has 0 aromatic heterocycles. The van der Waals surface area contributed by atoms with Gasteiger partial charge >= 0.3 is 0 Å². The van der Waals surface area contributed by atoms with Crippen LogP contribution in [0.3, 0.4) is 0 Å². The largest absolute Gasteiger partial charge is 0.363 e. The molecular weight excluding hydrogens is 290 g/mol. The maximum atomic E-state index is 2.41. The van der Waals surface area contributed by atoms with E-state index in [-0.39, 0.29) is 12.4 Å². The van der Waals surface area contributed by atoms with Crippen molar-refractivity contribution >= 4 is 18.1 Å². The summed E-state index contributed by atoms with van der Waals surface area (Å²) in [4.78, 5) is 2.41. The number of halogens is 1. The molecular formula is C20H20ClN. The third-order valence-electron chi connectivity index (χ3n) is 3.55. The predicted molar refractivity (Wildman–Crippen MR) is 96.5 cm³/mol. The van der Waals surface area contributed by atoms with E-state index >= 15 is 0 Å². The van der Waals surface area contributed by atoms with E-state index in [1.165, 1.54) is 16.8 Å². The molecule has 112 valence electrons. The predicted octanol–water partition coefficient (Wildman–Crippen LogP) is 5.32. The smallest absolute Gasteiger partial charge is 0.0433 e. The Balaban J connectivity index is 0.00000176. The highest BCUT2D eigenvalue weighted by Gasteiger charge is 2.07. The van der Waals surface area contributed by atoms with Gasteiger partial charge in [-0.1, -0.05) is 78.9 Å². The fraction of sp³-hybridized carbons (Fsp3) is 0.100. The van der Waals surface area contributed by atoms with E-state index in [1.807, 2.05) is 0 Å². The third kappa shape index (κ3) is 4.37. The van der Waals surface area contributed by atoms with E-state index in [0.29, 0.717) is 0 Å². The molecule has 0 aliphatic carbocycles. The van der Waals surface area contributed by atoms with Crippen molar-refractivity contribution in [3.8, 4) is 0 Å². The number of nitrogens with zero attached hydrogens (tertiary/aromatic N) is 1. The summed E-state index contributed by atoms with van der Waals surface area (Å²) in [6.45, 7) is 1.83. The van der Waals surface area contributed by atoms with Crippen LogP contribution in [-0.4, -0.2) is 0 Å². The molecule has 0 radical (unpaired) electrons. The maximum absolute atomic E-state index is 2.41. The number of hydrogen-bond donors (Lipinski definition) is 0. The number of hydrogen-bond acceptors (Lipinski definition) is 1. The third-order valence-corrected chi connectivity index (χ3v) is 3.55. The average Bonchev–Trinajstić information content (AvgIpc) is 2.57. The molecule has 1 nitrogen and oxygen atoms in total. The zero-order valence-electron chi connectivity index (χ0n) is 12.4. The van der Waals surface area contributed by atoms with Crippen molar-refractivity contribution in [3.05, 3.63) is 102 Å². The highest BCUT2D eigenvalue weighted by molar-refractivity contribution is 5.85. The van der Waals surface area contributed by atoms with E-state index < -0.39 is 0 Å². The Labute approximate surface area is 138 Å². The van der Waals surface area contributed by atoms with Gasteiger partial charge in [0.2, 0.25) is 0 Å². The van der Waals surface area contributed by atoms with Gasteiger partial charge in [0.25, 0.3) is 0 Å². The molecule has 0 bridgehead atoms. The minimum absolute atomic E-state index is 0. The molecule has 0 spiro atoms. The summed E-state index contributed by atoms with van der Waals surface area (Å²) in [5, 5.41) is 0. The minimum Gasteiger partial charge on any atom is -0.363 e. The molecule has 0 saturated heterocycles. The van der Waals surface area contributed by atoms with Crippen molar-refractivity contribution < 1.29 is 0 Å². The summed E-state index contributed by atoms with van der Waals surface area (Å²) in [7, 11) is 0. The zero-order valence-corrected chi connectivity index (χ0v) is 13.2. The molecule has 0 fully saturated rings. The van der Waals surface area contributed by atoms with Gasteiger partial charge in [-0.2, -0.15) is 0 Å². The summed E-state index contributed by atoms with van der Waals surface area (Å²) in [6.07, 6.45) is 0. The van der Waals surface area contributed by atoms with Crippen LogP contribution in [0.5, 0.6) is 0 Å². The van der Waals surface area contributed by atoms with Crippen LogP contribution in [0, 0.1) is 0 Å². The molecule has 0 aliphatic rings. The van der Waals surface area contributed by atoms with Gasteiger partial charge in [-0.25, -0.2) is 0 Å². The van der Waals surface area contributed by atoms with Gasteiger partial charge in [0.15, 0.2) is 0 Å². The fourth-order valence-electron chi connectivity index (χ4n) is 2.48.